The zero-order valence-electron chi connectivity index (χ0n) is 12.6. The molecule has 0 aromatic heterocycles. The maximum absolute atomic E-state index is 6.08. The largest absolute Gasteiger partial charge is 0.379 e. The highest BCUT2D eigenvalue weighted by Crippen LogP contribution is 2.24. The van der Waals surface area contributed by atoms with E-state index < -0.39 is 0 Å². The topological polar surface area (TPSA) is 24.5 Å². The molecule has 1 heterocycles. The van der Waals surface area contributed by atoms with Crippen molar-refractivity contribution in [3.8, 4) is 0 Å². The molecule has 1 saturated heterocycles. The molecule has 2 rings (SSSR count). The quantitative estimate of drug-likeness (QED) is 0.903. The highest BCUT2D eigenvalue weighted by molar-refractivity contribution is 6.30. The second-order valence-corrected chi connectivity index (χ2v) is 6.14. The minimum atomic E-state index is 0.355. The van der Waals surface area contributed by atoms with Crippen molar-refractivity contribution in [2.24, 2.45) is 0 Å². The van der Waals surface area contributed by atoms with Crippen LogP contribution in [-0.4, -0.2) is 43.8 Å². The van der Waals surface area contributed by atoms with E-state index in [1.165, 1.54) is 5.56 Å². The van der Waals surface area contributed by atoms with E-state index in [0.29, 0.717) is 18.1 Å². The first-order chi connectivity index (χ1) is 9.58. The number of hydrogen-bond donors (Lipinski definition) is 1. The van der Waals surface area contributed by atoms with Crippen LogP contribution in [0.4, 0.5) is 0 Å². The molecule has 1 aromatic carbocycles. The Morgan fingerprint density at radius 2 is 2.25 bits per heavy atom. The maximum Gasteiger partial charge on any atom is 0.0620 e. The van der Waals surface area contributed by atoms with Crippen LogP contribution in [0.3, 0.4) is 0 Å². The Balaban J connectivity index is 1.93. The number of nitrogens with zero attached hydrogens (tertiary/aromatic N) is 1. The van der Waals surface area contributed by atoms with Gasteiger partial charge in [-0.25, -0.2) is 0 Å². The lowest BCUT2D eigenvalue weighted by molar-refractivity contribution is 0.0608. The number of rotatable bonds is 5. The highest BCUT2D eigenvalue weighted by atomic mass is 35.5. The molecule has 3 nitrogen and oxygen atoms in total. The van der Waals surface area contributed by atoms with Gasteiger partial charge in [0.2, 0.25) is 0 Å². The SMILES string of the molecule is CC(CC1COCCN1)N(C)C(C)c1cccc(Cl)c1. The van der Waals surface area contributed by atoms with Crippen LogP contribution in [0.15, 0.2) is 24.3 Å². The van der Waals surface area contributed by atoms with E-state index in [0.717, 1.165) is 31.2 Å². The summed E-state index contributed by atoms with van der Waals surface area (Å²) in [6.07, 6.45) is 1.10. The molecule has 1 aliphatic heterocycles. The molecule has 1 N–H and O–H groups in total. The molecule has 0 aliphatic carbocycles. The first kappa shape index (κ1) is 15.8. The zero-order valence-corrected chi connectivity index (χ0v) is 13.4. The number of halogens is 1. The van der Waals surface area contributed by atoms with Gasteiger partial charge in [0.15, 0.2) is 0 Å². The highest BCUT2D eigenvalue weighted by Gasteiger charge is 2.22. The lowest BCUT2D eigenvalue weighted by atomic mass is 10.0. The van der Waals surface area contributed by atoms with E-state index in [9.17, 15) is 0 Å². The third-order valence-corrected chi connectivity index (χ3v) is 4.50. The average Bonchev–Trinajstić information content (AvgIpc) is 2.46. The Kier molecular flexibility index (Phi) is 5.85. The van der Waals surface area contributed by atoms with Gasteiger partial charge < -0.3 is 10.1 Å². The van der Waals surface area contributed by atoms with Crippen LogP contribution in [0.25, 0.3) is 0 Å². The molecule has 1 aromatic rings. The zero-order chi connectivity index (χ0) is 14.5. The van der Waals surface area contributed by atoms with E-state index in [1.54, 1.807) is 0 Å². The van der Waals surface area contributed by atoms with Crippen LogP contribution in [0.1, 0.15) is 31.9 Å². The van der Waals surface area contributed by atoms with Gasteiger partial charge in [0.1, 0.15) is 0 Å². The van der Waals surface area contributed by atoms with Crippen molar-refractivity contribution in [1.82, 2.24) is 10.2 Å². The standard InChI is InChI=1S/C16H25ClN2O/c1-12(9-16-11-20-8-7-18-16)19(3)13(2)14-5-4-6-15(17)10-14/h4-6,10,12-13,16,18H,7-9,11H2,1-3H3. The summed E-state index contributed by atoms with van der Waals surface area (Å²) in [5, 5.41) is 4.32. The smallest absolute Gasteiger partial charge is 0.0620 e. The summed E-state index contributed by atoms with van der Waals surface area (Å²) in [7, 11) is 2.18. The van der Waals surface area contributed by atoms with Gasteiger partial charge in [-0.1, -0.05) is 23.7 Å². The van der Waals surface area contributed by atoms with Crippen LogP contribution in [0.5, 0.6) is 0 Å². The molecule has 3 unspecified atom stereocenters. The maximum atomic E-state index is 6.08. The number of nitrogens with one attached hydrogen (secondary N) is 1. The van der Waals surface area contributed by atoms with Crippen LogP contribution in [-0.2, 0) is 4.74 Å². The molecular formula is C16H25ClN2O. The minimum absolute atomic E-state index is 0.355. The molecule has 0 amide bonds. The van der Waals surface area contributed by atoms with Crippen molar-refractivity contribution in [3.05, 3.63) is 34.9 Å². The molecule has 112 valence electrons. The second-order valence-electron chi connectivity index (χ2n) is 5.71. The van der Waals surface area contributed by atoms with E-state index in [4.69, 9.17) is 16.3 Å². The fourth-order valence-corrected chi connectivity index (χ4v) is 2.93. The molecule has 0 spiro atoms. The summed E-state index contributed by atoms with van der Waals surface area (Å²) in [6, 6.07) is 9.44. The number of benzene rings is 1. The molecule has 0 radical (unpaired) electrons. The van der Waals surface area contributed by atoms with Crippen LogP contribution < -0.4 is 5.32 Å². The third-order valence-electron chi connectivity index (χ3n) is 4.26. The molecular weight excluding hydrogens is 272 g/mol. The lowest BCUT2D eigenvalue weighted by Gasteiger charge is -2.34. The number of morpholine rings is 1. The van der Waals surface area contributed by atoms with Gasteiger partial charge in [0.25, 0.3) is 0 Å². The lowest BCUT2D eigenvalue weighted by Crippen LogP contribution is -2.45. The Morgan fingerprint density at radius 1 is 1.45 bits per heavy atom. The van der Waals surface area contributed by atoms with E-state index in [2.05, 4.69) is 43.2 Å². The van der Waals surface area contributed by atoms with E-state index in [-0.39, 0.29) is 0 Å². The molecule has 0 saturated carbocycles. The van der Waals surface area contributed by atoms with Crippen molar-refractivity contribution >= 4 is 11.6 Å². The van der Waals surface area contributed by atoms with Crippen molar-refractivity contribution in [3.63, 3.8) is 0 Å². The fraction of sp³-hybridized carbons (Fsp3) is 0.625. The van der Waals surface area contributed by atoms with Gasteiger partial charge in [-0.15, -0.1) is 0 Å². The summed E-state index contributed by atoms with van der Waals surface area (Å²) >= 11 is 6.08. The summed E-state index contributed by atoms with van der Waals surface area (Å²) in [6.45, 7) is 7.12. The normalized spacial score (nSPS) is 22.8. The molecule has 1 fully saturated rings. The molecule has 4 heteroatoms. The van der Waals surface area contributed by atoms with Gasteiger partial charge in [-0.3, -0.25) is 4.90 Å². The summed E-state index contributed by atoms with van der Waals surface area (Å²) in [5.41, 5.74) is 1.26. The van der Waals surface area contributed by atoms with Crippen molar-refractivity contribution in [1.29, 1.82) is 0 Å². The van der Waals surface area contributed by atoms with Crippen molar-refractivity contribution < 1.29 is 4.74 Å². The predicted molar refractivity (Wildman–Crippen MR) is 84.3 cm³/mol. The van der Waals surface area contributed by atoms with Crippen molar-refractivity contribution in [2.75, 3.05) is 26.8 Å². The minimum Gasteiger partial charge on any atom is -0.379 e. The van der Waals surface area contributed by atoms with E-state index >= 15 is 0 Å². The van der Waals surface area contributed by atoms with Gasteiger partial charge in [-0.2, -0.15) is 0 Å². The predicted octanol–water partition coefficient (Wildman–Crippen LogP) is 3.10. The summed E-state index contributed by atoms with van der Waals surface area (Å²) in [5.74, 6) is 0. The Hall–Kier alpha value is -0.610. The van der Waals surface area contributed by atoms with Crippen molar-refractivity contribution in [2.45, 2.75) is 38.4 Å². The van der Waals surface area contributed by atoms with Crippen LogP contribution in [0, 0.1) is 0 Å². The molecule has 3 atom stereocenters. The van der Waals surface area contributed by atoms with Gasteiger partial charge in [0, 0.05) is 29.7 Å². The first-order valence-electron chi connectivity index (χ1n) is 7.36. The first-order valence-corrected chi connectivity index (χ1v) is 7.74. The summed E-state index contributed by atoms with van der Waals surface area (Å²) < 4.78 is 5.53. The second kappa shape index (κ2) is 7.41. The Labute approximate surface area is 127 Å². The number of hydrogen-bond acceptors (Lipinski definition) is 3. The number of ether oxygens (including phenoxy) is 1. The van der Waals surface area contributed by atoms with Gasteiger partial charge in [-0.05, 0) is 45.0 Å². The molecule has 0 bridgehead atoms. The van der Waals surface area contributed by atoms with E-state index in [1.807, 2.05) is 12.1 Å². The Morgan fingerprint density at radius 3 is 2.90 bits per heavy atom. The summed E-state index contributed by atoms with van der Waals surface area (Å²) in [4.78, 5) is 2.40. The Bertz CT molecular complexity index is 421. The van der Waals surface area contributed by atoms with Crippen LogP contribution in [0.2, 0.25) is 5.02 Å². The molecule has 20 heavy (non-hydrogen) atoms. The van der Waals surface area contributed by atoms with Gasteiger partial charge >= 0.3 is 0 Å². The average molecular weight is 297 g/mol. The third kappa shape index (κ3) is 4.19. The molecule has 1 aliphatic rings. The monoisotopic (exact) mass is 296 g/mol. The fourth-order valence-electron chi connectivity index (χ4n) is 2.73. The van der Waals surface area contributed by atoms with Gasteiger partial charge in [0.05, 0.1) is 13.2 Å². The van der Waals surface area contributed by atoms with Crippen LogP contribution >= 0.6 is 11.6 Å².